The van der Waals surface area contributed by atoms with Crippen molar-refractivity contribution in [3.05, 3.63) is 54.6 Å². The number of sulfonamides is 1. The Kier molecular flexibility index (Phi) is 6.68. The summed E-state index contributed by atoms with van der Waals surface area (Å²) < 4.78 is 44.5. The van der Waals surface area contributed by atoms with Gasteiger partial charge in [0.05, 0.1) is 36.8 Å². The first-order chi connectivity index (χ1) is 15.1. The van der Waals surface area contributed by atoms with Gasteiger partial charge in [-0.25, -0.2) is 8.42 Å². The minimum atomic E-state index is -3.74. The number of rotatable bonds is 8. The smallest absolute Gasteiger partial charge is 0.236 e. The lowest BCUT2D eigenvalue weighted by molar-refractivity contribution is -0.127. The minimum Gasteiger partial charge on any atom is -0.493 e. The lowest BCUT2D eigenvalue weighted by atomic mass is 9.93. The molecule has 8 nitrogen and oxygen atoms in total. The van der Waals surface area contributed by atoms with Gasteiger partial charge in [0.2, 0.25) is 15.9 Å². The number of carbonyl (C=O) groups excluding carboxylic acids is 1. The maximum absolute atomic E-state index is 13.0. The van der Waals surface area contributed by atoms with Crippen molar-refractivity contribution in [2.45, 2.75) is 19.6 Å². The summed E-state index contributed by atoms with van der Waals surface area (Å²) in [6.07, 6.45) is 1.62. The van der Waals surface area contributed by atoms with Crippen molar-refractivity contribution in [2.75, 3.05) is 37.0 Å². The van der Waals surface area contributed by atoms with E-state index in [1.165, 1.54) is 14.2 Å². The molecule has 2 aromatic carbocycles. The fraction of sp³-hybridized carbons (Fsp3) is 0.348. The lowest BCUT2D eigenvalue weighted by Gasteiger charge is -2.27. The third-order valence-corrected chi connectivity index (χ3v) is 6.31. The first kappa shape index (κ1) is 23.5. The standard InChI is InChI=1S/C23H28N2O6S/c1-6-11-25-18-13-17(8-10-19(18)31-15-23(2,3)22(25)26)24-32(27,28)14-16-7-9-20(29-4)21(12-16)30-5/h6-10,12-13,24H,1,11,14-15H2,2-5H3. The average molecular weight is 461 g/mol. The van der Waals surface area contributed by atoms with E-state index in [9.17, 15) is 13.2 Å². The maximum Gasteiger partial charge on any atom is 0.236 e. The summed E-state index contributed by atoms with van der Waals surface area (Å²) in [5.74, 6) is 1.09. The van der Waals surface area contributed by atoms with Crippen LogP contribution in [0.5, 0.6) is 17.2 Å². The summed E-state index contributed by atoms with van der Waals surface area (Å²) in [4.78, 5) is 14.6. The Morgan fingerprint density at radius 1 is 1.16 bits per heavy atom. The van der Waals surface area contributed by atoms with Crippen LogP contribution in [0.2, 0.25) is 0 Å². The number of fused-ring (bicyclic) bond motifs is 1. The molecule has 0 bridgehead atoms. The number of anilines is 2. The van der Waals surface area contributed by atoms with Crippen molar-refractivity contribution in [3.63, 3.8) is 0 Å². The third-order valence-electron chi connectivity index (χ3n) is 5.05. The first-order valence-corrected chi connectivity index (χ1v) is 11.7. The number of nitrogens with zero attached hydrogens (tertiary/aromatic N) is 1. The van der Waals surface area contributed by atoms with Gasteiger partial charge in [0.15, 0.2) is 11.5 Å². The van der Waals surface area contributed by atoms with Gasteiger partial charge in [-0.15, -0.1) is 6.58 Å². The molecule has 1 aliphatic rings. The molecule has 0 aliphatic carbocycles. The molecule has 2 aromatic rings. The molecule has 0 aromatic heterocycles. The summed E-state index contributed by atoms with van der Waals surface area (Å²) in [5, 5.41) is 0. The van der Waals surface area contributed by atoms with Crippen molar-refractivity contribution in [2.24, 2.45) is 5.41 Å². The van der Waals surface area contributed by atoms with Crippen LogP contribution in [0.4, 0.5) is 11.4 Å². The Morgan fingerprint density at radius 3 is 2.53 bits per heavy atom. The minimum absolute atomic E-state index is 0.124. The maximum atomic E-state index is 13.0. The van der Waals surface area contributed by atoms with Gasteiger partial charge in [-0.2, -0.15) is 0 Å². The molecule has 0 unspecified atom stereocenters. The number of benzene rings is 2. The van der Waals surface area contributed by atoms with E-state index in [0.717, 1.165) is 0 Å². The molecule has 0 saturated carbocycles. The van der Waals surface area contributed by atoms with E-state index in [1.54, 1.807) is 47.4 Å². The summed E-state index contributed by atoms with van der Waals surface area (Å²) in [7, 11) is -0.742. The molecule has 1 N–H and O–H groups in total. The molecule has 9 heteroatoms. The van der Waals surface area contributed by atoms with Crippen LogP contribution >= 0.6 is 0 Å². The zero-order valence-electron chi connectivity index (χ0n) is 18.7. The van der Waals surface area contributed by atoms with E-state index in [1.807, 2.05) is 13.8 Å². The SMILES string of the molecule is C=CCN1C(=O)C(C)(C)COc2ccc(NS(=O)(=O)Cc3ccc(OC)c(OC)c3)cc21. The number of nitrogens with one attached hydrogen (secondary N) is 1. The molecule has 172 valence electrons. The number of hydrogen-bond acceptors (Lipinski definition) is 6. The molecular formula is C23H28N2O6S. The van der Waals surface area contributed by atoms with Crippen molar-refractivity contribution < 1.29 is 27.4 Å². The molecule has 3 rings (SSSR count). The molecule has 0 spiro atoms. The number of methoxy groups -OCH3 is 2. The molecule has 0 fully saturated rings. The second-order valence-electron chi connectivity index (χ2n) is 8.11. The number of hydrogen-bond donors (Lipinski definition) is 1. The topological polar surface area (TPSA) is 94.2 Å². The van der Waals surface area contributed by atoms with Gasteiger partial charge in [0, 0.05) is 6.54 Å². The third kappa shape index (κ3) is 4.99. The number of amides is 1. The first-order valence-electron chi connectivity index (χ1n) is 10.0. The normalized spacial score (nSPS) is 15.2. The van der Waals surface area contributed by atoms with E-state index in [-0.39, 0.29) is 24.8 Å². The fourth-order valence-electron chi connectivity index (χ4n) is 3.42. The molecular weight excluding hydrogens is 432 g/mol. The van der Waals surface area contributed by atoms with E-state index in [4.69, 9.17) is 14.2 Å². The van der Waals surface area contributed by atoms with Gasteiger partial charge < -0.3 is 19.1 Å². The predicted molar refractivity (Wildman–Crippen MR) is 124 cm³/mol. The second kappa shape index (κ2) is 9.12. The zero-order chi connectivity index (χ0) is 23.5. The number of carbonyl (C=O) groups is 1. The largest absolute Gasteiger partial charge is 0.493 e. The summed E-state index contributed by atoms with van der Waals surface area (Å²) in [6, 6.07) is 9.82. The van der Waals surface area contributed by atoms with E-state index in [0.29, 0.717) is 34.2 Å². The Balaban J connectivity index is 1.88. The van der Waals surface area contributed by atoms with E-state index >= 15 is 0 Å². The van der Waals surface area contributed by atoms with Crippen molar-refractivity contribution >= 4 is 27.3 Å². The van der Waals surface area contributed by atoms with Crippen LogP contribution < -0.4 is 23.8 Å². The molecule has 1 amide bonds. The van der Waals surface area contributed by atoms with E-state index < -0.39 is 15.4 Å². The van der Waals surface area contributed by atoms with Crippen LogP contribution in [-0.2, 0) is 20.6 Å². The molecule has 32 heavy (non-hydrogen) atoms. The lowest BCUT2D eigenvalue weighted by Crippen LogP contribution is -2.42. The van der Waals surface area contributed by atoms with Gasteiger partial charge in [-0.05, 0) is 49.7 Å². The van der Waals surface area contributed by atoms with Crippen LogP contribution in [-0.4, -0.2) is 41.7 Å². The van der Waals surface area contributed by atoms with Crippen molar-refractivity contribution in [3.8, 4) is 17.2 Å². The highest BCUT2D eigenvalue weighted by atomic mass is 32.2. The van der Waals surface area contributed by atoms with Gasteiger partial charge in [-0.1, -0.05) is 12.1 Å². The van der Waals surface area contributed by atoms with Crippen LogP contribution in [0, 0.1) is 5.41 Å². The van der Waals surface area contributed by atoms with Crippen molar-refractivity contribution in [1.29, 1.82) is 0 Å². The molecule has 0 atom stereocenters. The van der Waals surface area contributed by atoms with Gasteiger partial charge in [0.25, 0.3) is 0 Å². The monoisotopic (exact) mass is 460 g/mol. The highest BCUT2D eigenvalue weighted by molar-refractivity contribution is 7.91. The highest BCUT2D eigenvalue weighted by Crippen LogP contribution is 2.38. The van der Waals surface area contributed by atoms with Crippen LogP contribution in [0.1, 0.15) is 19.4 Å². The molecule has 0 saturated heterocycles. The fourth-order valence-corrected chi connectivity index (χ4v) is 4.60. The quantitative estimate of drug-likeness (QED) is 0.605. The van der Waals surface area contributed by atoms with Crippen LogP contribution in [0.15, 0.2) is 49.1 Å². The number of ether oxygens (including phenoxy) is 3. The second-order valence-corrected chi connectivity index (χ2v) is 9.83. The van der Waals surface area contributed by atoms with Crippen LogP contribution in [0.3, 0.4) is 0 Å². The van der Waals surface area contributed by atoms with Gasteiger partial charge in [0.1, 0.15) is 12.4 Å². The molecule has 1 aliphatic heterocycles. The van der Waals surface area contributed by atoms with Gasteiger partial charge in [-0.3, -0.25) is 9.52 Å². The predicted octanol–water partition coefficient (Wildman–Crippen LogP) is 3.58. The van der Waals surface area contributed by atoms with Crippen LogP contribution in [0.25, 0.3) is 0 Å². The Hall–Kier alpha value is -3.20. The van der Waals surface area contributed by atoms with Gasteiger partial charge >= 0.3 is 0 Å². The molecule has 0 radical (unpaired) electrons. The summed E-state index contributed by atoms with van der Waals surface area (Å²) in [5.41, 5.74) is 0.634. The zero-order valence-corrected chi connectivity index (χ0v) is 19.5. The Bertz CT molecular complexity index is 1130. The highest BCUT2D eigenvalue weighted by Gasteiger charge is 2.37. The van der Waals surface area contributed by atoms with Crippen molar-refractivity contribution in [1.82, 2.24) is 0 Å². The average Bonchev–Trinajstić information content (AvgIpc) is 2.83. The summed E-state index contributed by atoms with van der Waals surface area (Å²) >= 11 is 0. The Labute approximate surface area is 188 Å². The van der Waals surface area contributed by atoms with E-state index in [2.05, 4.69) is 11.3 Å². The molecule has 1 heterocycles. The summed E-state index contributed by atoms with van der Waals surface area (Å²) in [6.45, 7) is 7.85. The Morgan fingerprint density at radius 2 is 1.88 bits per heavy atom.